The molecule has 0 aromatic carbocycles. The zero-order valence-corrected chi connectivity index (χ0v) is 10.0. The summed E-state index contributed by atoms with van der Waals surface area (Å²) < 4.78 is 21.4. The Balaban J connectivity index is 2.82. The van der Waals surface area contributed by atoms with Crippen LogP contribution in [-0.4, -0.2) is 14.5 Å². The van der Waals surface area contributed by atoms with E-state index in [1.807, 2.05) is 0 Å². The molecule has 0 heterocycles. The van der Waals surface area contributed by atoms with Gasteiger partial charge < -0.3 is 4.55 Å². The lowest BCUT2D eigenvalue weighted by molar-refractivity contribution is 0.331. The van der Waals surface area contributed by atoms with E-state index in [0.717, 1.165) is 18.4 Å². The van der Waals surface area contributed by atoms with Crippen LogP contribution in [0.4, 0.5) is 0 Å². The van der Waals surface area contributed by atoms with Crippen molar-refractivity contribution in [2.24, 2.45) is 11.3 Å². The minimum atomic E-state index is -1.94. The van der Waals surface area contributed by atoms with E-state index in [9.17, 15) is 8.76 Å². The van der Waals surface area contributed by atoms with Gasteiger partial charge in [0.1, 0.15) is 0 Å². The average molecular weight is 215 g/mol. The molecule has 3 heteroatoms. The Bertz CT molecular complexity index is 256. The maximum absolute atomic E-state index is 10.7. The Morgan fingerprint density at radius 2 is 2.29 bits per heavy atom. The molecule has 0 N–H and O–H groups in total. The van der Waals surface area contributed by atoms with Crippen LogP contribution in [0.1, 0.15) is 40.0 Å². The summed E-state index contributed by atoms with van der Waals surface area (Å²) in [5, 5.41) is 0. The summed E-state index contributed by atoms with van der Waals surface area (Å²) in [4.78, 5) is 0. The van der Waals surface area contributed by atoms with Crippen molar-refractivity contribution in [2.45, 2.75) is 40.0 Å². The first kappa shape index (κ1) is 11.9. The van der Waals surface area contributed by atoms with Gasteiger partial charge in [-0.15, -0.1) is 0 Å². The Morgan fingerprint density at radius 3 is 2.79 bits per heavy atom. The largest absolute Gasteiger partial charge is 0.772 e. The lowest BCUT2D eigenvalue weighted by Crippen LogP contribution is -2.25. The molecule has 2 atom stereocenters. The third-order valence-corrected chi connectivity index (χ3v) is 3.79. The van der Waals surface area contributed by atoms with Gasteiger partial charge in [-0.2, -0.15) is 0 Å². The highest BCUT2D eigenvalue weighted by Crippen LogP contribution is 2.39. The number of hydrogen-bond donors (Lipinski definition) is 0. The predicted octanol–water partition coefficient (Wildman–Crippen LogP) is 2.64. The van der Waals surface area contributed by atoms with Gasteiger partial charge in [0.2, 0.25) is 0 Å². The minimum absolute atomic E-state index is 0.0751. The van der Waals surface area contributed by atoms with Crippen molar-refractivity contribution in [3.05, 3.63) is 11.6 Å². The van der Waals surface area contributed by atoms with E-state index >= 15 is 0 Å². The van der Waals surface area contributed by atoms with Gasteiger partial charge in [0.05, 0.1) is 0 Å². The van der Waals surface area contributed by atoms with E-state index in [2.05, 4.69) is 26.8 Å². The standard InChI is InChI=1S/C11H20O2S/c1-4-9-5-6-11(2,3)10(7-9)8-14(12)13/h7,9H,4-6,8H2,1-3H3,(H,12,13)/p-1. The van der Waals surface area contributed by atoms with Gasteiger partial charge in [-0.1, -0.05) is 43.5 Å². The SMILES string of the molecule is CCC1C=C(CS(=O)[O-])C(C)(C)CC1. The number of rotatable bonds is 3. The van der Waals surface area contributed by atoms with E-state index in [0.29, 0.717) is 5.92 Å². The smallest absolute Gasteiger partial charge is 0.0317 e. The molecule has 1 rings (SSSR count). The fraction of sp³-hybridized carbons (Fsp3) is 0.818. The van der Waals surface area contributed by atoms with Crippen LogP contribution in [0.2, 0.25) is 0 Å². The van der Waals surface area contributed by atoms with Gasteiger partial charge in [-0.25, -0.2) is 0 Å². The molecule has 0 amide bonds. The molecular formula is C11H19O2S-. The summed E-state index contributed by atoms with van der Waals surface area (Å²) >= 11 is -1.94. The molecule has 14 heavy (non-hydrogen) atoms. The Hall–Kier alpha value is -0.150. The summed E-state index contributed by atoms with van der Waals surface area (Å²) in [6, 6.07) is 0. The average Bonchev–Trinajstić information content (AvgIpc) is 2.08. The van der Waals surface area contributed by atoms with Gasteiger partial charge >= 0.3 is 0 Å². The number of hydrogen-bond acceptors (Lipinski definition) is 2. The maximum atomic E-state index is 10.7. The predicted molar refractivity (Wildman–Crippen MR) is 58.7 cm³/mol. The van der Waals surface area contributed by atoms with Crippen molar-refractivity contribution in [1.29, 1.82) is 0 Å². The summed E-state index contributed by atoms with van der Waals surface area (Å²) in [6.45, 7) is 6.43. The van der Waals surface area contributed by atoms with E-state index in [1.54, 1.807) is 0 Å². The third kappa shape index (κ3) is 2.92. The van der Waals surface area contributed by atoms with Crippen molar-refractivity contribution in [1.82, 2.24) is 0 Å². The molecule has 0 bridgehead atoms. The third-order valence-electron chi connectivity index (χ3n) is 3.24. The van der Waals surface area contributed by atoms with Crippen LogP contribution in [0.15, 0.2) is 11.6 Å². The maximum Gasteiger partial charge on any atom is 0.0317 e. The van der Waals surface area contributed by atoms with Crippen molar-refractivity contribution in [3.63, 3.8) is 0 Å². The van der Waals surface area contributed by atoms with Crippen LogP contribution in [0.5, 0.6) is 0 Å². The minimum Gasteiger partial charge on any atom is -0.772 e. The lowest BCUT2D eigenvalue weighted by atomic mass is 9.72. The molecule has 1 aliphatic carbocycles. The van der Waals surface area contributed by atoms with Crippen molar-refractivity contribution < 1.29 is 8.76 Å². The zero-order chi connectivity index (χ0) is 10.8. The summed E-state index contributed by atoms with van der Waals surface area (Å²) in [7, 11) is 0. The van der Waals surface area contributed by atoms with E-state index in [-0.39, 0.29) is 11.2 Å². The summed E-state index contributed by atoms with van der Waals surface area (Å²) in [5.74, 6) is 0.797. The second-order valence-corrected chi connectivity index (χ2v) is 5.63. The normalized spacial score (nSPS) is 28.3. The second-order valence-electron chi connectivity index (χ2n) is 4.73. The molecule has 2 unspecified atom stereocenters. The van der Waals surface area contributed by atoms with E-state index in [1.165, 1.54) is 6.42 Å². The molecule has 0 aromatic rings. The lowest BCUT2D eigenvalue weighted by Gasteiger charge is -2.35. The molecule has 0 aromatic heterocycles. The van der Waals surface area contributed by atoms with Gasteiger partial charge in [-0.3, -0.25) is 4.21 Å². The first-order valence-electron chi connectivity index (χ1n) is 5.22. The van der Waals surface area contributed by atoms with Gasteiger partial charge in [0.15, 0.2) is 0 Å². The van der Waals surface area contributed by atoms with Crippen LogP contribution in [-0.2, 0) is 11.1 Å². The highest BCUT2D eigenvalue weighted by molar-refractivity contribution is 7.79. The van der Waals surface area contributed by atoms with Crippen molar-refractivity contribution in [2.75, 3.05) is 5.75 Å². The Morgan fingerprint density at radius 1 is 1.64 bits per heavy atom. The highest BCUT2D eigenvalue weighted by atomic mass is 32.2. The first-order chi connectivity index (χ1) is 6.45. The quantitative estimate of drug-likeness (QED) is 0.536. The zero-order valence-electron chi connectivity index (χ0n) is 9.21. The molecule has 0 spiro atoms. The van der Waals surface area contributed by atoms with Crippen LogP contribution in [0.3, 0.4) is 0 Å². The van der Waals surface area contributed by atoms with Crippen LogP contribution in [0.25, 0.3) is 0 Å². The van der Waals surface area contributed by atoms with Gasteiger partial charge in [0, 0.05) is 5.75 Å². The molecular weight excluding hydrogens is 196 g/mol. The Labute approximate surface area is 89.1 Å². The summed E-state index contributed by atoms with van der Waals surface area (Å²) in [5.41, 5.74) is 1.18. The van der Waals surface area contributed by atoms with Crippen LogP contribution < -0.4 is 0 Å². The topological polar surface area (TPSA) is 40.1 Å². The van der Waals surface area contributed by atoms with Gasteiger partial charge in [0.25, 0.3) is 0 Å². The molecule has 82 valence electrons. The molecule has 0 saturated carbocycles. The highest BCUT2D eigenvalue weighted by Gasteiger charge is 2.28. The molecule has 1 aliphatic rings. The fourth-order valence-corrected chi connectivity index (χ4v) is 2.73. The molecule has 0 aliphatic heterocycles. The van der Waals surface area contributed by atoms with Crippen LogP contribution >= 0.6 is 0 Å². The second kappa shape index (κ2) is 4.58. The van der Waals surface area contributed by atoms with Crippen molar-refractivity contribution in [3.8, 4) is 0 Å². The fourth-order valence-electron chi connectivity index (χ4n) is 1.99. The number of allylic oxidation sites excluding steroid dienone is 1. The van der Waals surface area contributed by atoms with E-state index < -0.39 is 11.1 Å². The molecule has 0 fully saturated rings. The van der Waals surface area contributed by atoms with Crippen molar-refractivity contribution >= 4 is 11.1 Å². The molecule has 2 nitrogen and oxygen atoms in total. The van der Waals surface area contributed by atoms with Gasteiger partial charge in [-0.05, 0) is 30.6 Å². The summed E-state index contributed by atoms with van der Waals surface area (Å²) in [6.07, 6.45) is 5.59. The monoisotopic (exact) mass is 215 g/mol. The van der Waals surface area contributed by atoms with E-state index in [4.69, 9.17) is 0 Å². The molecule has 0 radical (unpaired) electrons. The van der Waals surface area contributed by atoms with Crippen LogP contribution in [0, 0.1) is 11.3 Å². The molecule has 0 saturated heterocycles. The first-order valence-corrected chi connectivity index (χ1v) is 6.47. The Kier molecular flexibility index (Phi) is 3.90.